The monoisotopic (exact) mass is 430 g/mol. The summed E-state index contributed by atoms with van der Waals surface area (Å²) in [5.74, 6) is -1.20. The Morgan fingerprint density at radius 3 is 2.41 bits per heavy atom. The van der Waals surface area contributed by atoms with E-state index in [2.05, 4.69) is 15.9 Å². The van der Waals surface area contributed by atoms with Gasteiger partial charge in [-0.25, -0.2) is 4.90 Å². The predicted octanol–water partition coefficient (Wildman–Crippen LogP) is 2.66. The van der Waals surface area contributed by atoms with Gasteiger partial charge in [-0.2, -0.15) is 0 Å². The summed E-state index contributed by atoms with van der Waals surface area (Å²) in [6.07, 6.45) is -1.05. The van der Waals surface area contributed by atoms with Gasteiger partial charge in [0, 0.05) is 11.4 Å². The molecular formula is C20H19BrN2O4. The van der Waals surface area contributed by atoms with Gasteiger partial charge in [0.05, 0.1) is 24.8 Å². The molecule has 1 saturated heterocycles. The number of carbonyl (C=O) groups is 3. The van der Waals surface area contributed by atoms with E-state index in [1.54, 1.807) is 48.5 Å². The summed E-state index contributed by atoms with van der Waals surface area (Å²) in [7, 11) is 0. The number of rotatable bonds is 5. The van der Waals surface area contributed by atoms with E-state index in [-0.39, 0.29) is 24.8 Å². The maximum absolute atomic E-state index is 12.9. The summed E-state index contributed by atoms with van der Waals surface area (Å²) in [5.41, 5.74) is 1.10. The van der Waals surface area contributed by atoms with Crippen LogP contribution in [0.1, 0.15) is 25.0 Å². The van der Waals surface area contributed by atoms with Gasteiger partial charge in [-0.05, 0) is 29.8 Å². The van der Waals surface area contributed by atoms with Crippen molar-refractivity contribution >= 4 is 39.3 Å². The third kappa shape index (κ3) is 4.09. The van der Waals surface area contributed by atoms with Crippen LogP contribution >= 0.6 is 15.9 Å². The van der Waals surface area contributed by atoms with Gasteiger partial charge in [-0.1, -0.05) is 46.3 Å². The first kappa shape index (κ1) is 19.3. The Hall–Kier alpha value is -2.51. The van der Waals surface area contributed by atoms with Crippen LogP contribution in [-0.4, -0.2) is 40.3 Å². The SMILES string of the molecule is CC(=O)N(C[C@@H](O)c1ccccc1)[C@@H]1CC(=O)N(c2ccc(Br)cc2)C1=O. The summed E-state index contributed by atoms with van der Waals surface area (Å²) < 4.78 is 0.832. The van der Waals surface area contributed by atoms with E-state index < -0.39 is 18.1 Å². The van der Waals surface area contributed by atoms with Crippen molar-refractivity contribution in [3.8, 4) is 0 Å². The normalized spacial score (nSPS) is 17.9. The molecule has 27 heavy (non-hydrogen) atoms. The lowest BCUT2D eigenvalue weighted by Gasteiger charge is -2.28. The van der Waals surface area contributed by atoms with Crippen LogP contribution in [0.15, 0.2) is 59.1 Å². The molecule has 6 nitrogen and oxygen atoms in total. The van der Waals surface area contributed by atoms with Crippen molar-refractivity contribution in [2.24, 2.45) is 0 Å². The Morgan fingerprint density at radius 2 is 1.81 bits per heavy atom. The Morgan fingerprint density at radius 1 is 1.19 bits per heavy atom. The predicted molar refractivity (Wildman–Crippen MR) is 104 cm³/mol. The van der Waals surface area contributed by atoms with Crippen LogP contribution < -0.4 is 4.90 Å². The number of nitrogens with zero attached hydrogens (tertiary/aromatic N) is 2. The number of hydrogen-bond acceptors (Lipinski definition) is 4. The van der Waals surface area contributed by atoms with E-state index in [1.165, 1.54) is 11.8 Å². The lowest BCUT2D eigenvalue weighted by atomic mass is 10.1. The molecule has 0 aromatic heterocycles. The first-order chi connectivity index (χ1) is 12.9. The van der Waals surface area contributed by atoms with Crippen LogP contribution in [0.4, 0.5) is 5.69 Å². The average molecular weight is 431 g/mol. The number of hydrogen-bond donors (Lipinski definition) is 1. The number of halogens is 1. The van der Waals surface area contributed by atoms with Crippen molar-refractivity contribution in [3.05, 3.63) is 64.6 Å². The molecule has 0 spiro atoms. The third-order valence-electron chi connectivity index (χ3n) is 4.54. The molecule has 1 fully saturated rings. The molecule has 3 rings (SSSR count). The minimum atomic E-state index is -0.945. The van der Waals surface area contributed by atoms with E-state index in [4.69, 9.17) is 0 Å². The molecule has 1 aliphatic heterocycles. The maximum Gasteiger partial charge on any atom is 0.257 e. The molecule has 0 saturated carbocycles. The van der Waals surface area contributed by atoms with E-state index in [1.807, 2.05) is 6.07 Å². The second-order valence-electron chi connectivity index (χ2n) is 6.36. The van der Waals surface area contributed by atoms with Gasteiger partial charge in [0.15, 0.2) is 0 Å². The fourth-order valence-corrected chi connectivity index (χ4v) is 3.43. The van der Waals surface area contributed by atoms with Crippen molar-refractivity contribution in [1.82, 2.24) is 4.90 Å². The Labute approximate surface area is 165 Å². The zero-order chi connectivity index (χ0) is 19.6. The number of anilines is 1. The molecule has 1 aliphatic rings. The van der Waals surface area contributed by atoms with E-state index in [0.29, 0.717) is 11.3 Å². The summed E-state index contributed by atoms with van der Waals surface area (Å²) in [4.78, 5) is 39.9. The highest BCUT2D eigenvalue weighted by molar-refractivity contribution is 9.10. The molecule has 0 bridgehead atoms. The van der Waals surface area contributed by atoms with Crippen LogP contribution in [0.25, 0.3) is 0 Å². The molecule has 2 atom stereocenters. The Kier molecular flexibility index (Phi) is 5.72. The van der Waals surface area contributed by atoms with Crippen molar-refractivity contribution in [2.75, 3.05) is 11.4 Å². The molecule has 0 aliphatic carbocycles. The molecular weight excluding hydrogens is 412 g/mol. The number of benzene rings is 2. The van der Waals surface area contributed by atoms with Crippen LogP contribution in [0.5, 0.6) is 0 Å². The number of imide groups is 1. The van der Waals surface area contributed by atoms with Crippen LogP contribution in [0.3, 0.4) is 0 Å². The van der Waals surface area contributed by atoms with Gasteiger partial charge in [0.2, 0.25) is 11.8 Å². The van der Waals surface area contributed by atoms with E-state index in [0.717, 1.165) is 9.37 Å². The zero-order valence-corrected chi connectivity index (χ0v) is 16.3. The van der Waals surface area contributed by atoms with Crippen molar-refractivity contribution in [3.63, 3.8) is 0 Å². The minimum absolute atomic E-state index is 0.0583. The second kappa shape index (κ2) is 8.02. The van der Waals surface area contributed by atoms with Crippen LogP contribution in [0, 0.1) is 0 Å². The molecule has 2 aromatic carbocycles. The first-order valence-electron chi connectivity index (χ1n) is 8.51. The molecule has 0 unspecified atom stereocenters. The first-order valence-corrected chi connectivity index (χ1v) is 9.30. The second-order valence-corrected chi connectivity index (χ2v) is 7.28. The molecule has 7 heteroatoms. The van der Waals surface area contributed by atoms with Gasteiger partial charge in [0.1, 0.15) is 6.04 Å². The third-order valence-corrected chi connectivity index (χ3v) is 5.07. The van der Waals surface area contributed by atoms with Gasteiger partial charge in [0.25, 0.3) is 5.91 Å². The van der Waals surface area contributed by atoms with E-state index >= 15 is 0 Å². The standard InChI is InChI=1S/C20H19BrN2O4/c1-13(24)22(12-18(25)14-5-3-2-4-6-14)17-11-19(26)23(20(17)27)16-9-7-15(21)8-10-16/h2-10,17-18,25H,11-12H2,1H3/t17-,18-/m1/s1. The van der Waals surface area contributed by atoms with Gasteiger partial charge in [-0.3, -0.25) is 14.4 Å². The smallest absolute Gasteiger partial charge is 0.257 e. The number of amides is 3. The summed E-state index contributed by atoms with van der Waals surface area (Å²) in [5, 5.41) is 10.5. The van der Waals surface area contributed by atoms with E-state index in [9.17, 15) is 19.5 Å². The average Bonchev–Trinajstić information content (AvgIpc) is 2.95. The van der Waals surface area contributed by atoms with Crippen molar-refractivity contribution in [2.45, 2.75) is 25.5 Å². The van der Waals surface area contributed by atoms with Crippen LogP contribution in [-0.2, 0) is 14.4 Å². The summed E-state index contributed by atoms with van der Waals surface area (Å²) >= 11 is 3.32. The number of aliphatic hydroxyl groups excluding tert-OH is 1. The number of carbonyl (C=O) groups excluding carboxylic acids is 3. The molecule has 1 N–H and O–H groups in total. The Bertz CT molecular complexity index is 854. The van der Waals surface area contributed by atoms with Gasteiger partial charge >= 0.3 is 0 Å². The highest BCUT2D eigenvalue weighted by atomic mass is 79.9. The summed E-state index contributed by atoms with van der Waals surface area (Å²) in [6, 6.07) is 14.8. The molecule has 3 amide bonds. The lowest BCUT2D eigenvalue weighted by Crippen LogP contribution is -2.46. The van der Waals surface area contributed by atoms with Crippen molar-refractivity contribution in [1.29, 1.82) is 0 Å². The lowest BCUT2D eigenvalue weighted by molar-refractivity contribution is -0.138. The molecule has 0 radical (unpaired) electrons. The minimum Gasteiger partial charge on any atom is -0.387 e. The van der Waals surface area contributed by atoms with Gasteiger partial charge in [-0.15, -0.1) is 0 Å². The summed E-state index contributed by atoms with van der Waals surface area (Å²) in [6.45, 7) is 1.27. The van der Waals surface area contributed by atoms with Crippen molar-refractivity contribution < 1.29 is 19.5 Å². The highest BCUT2D eigenvalue weighted by Gasteiger charge is 2.44. The molecule has 140 valence electrons. The quantitative estimate of drug-likeness (QED) is 0.739. The fraction of sp³-hybridized carbons (Fsp3) is 0.250. The number of aliphatic hydroxyl groups is 1. The van der Waals surface area contributed by atoms with Gasteiger partial charge < -0.3 is 10.0 Å². The zero-order valence-electron chi connectivity index (χ0n) is 14.7. The maximum atomic E-state index is 12.9. The largest absolute Gasteiger partial charge is 0.387 e. The fourth-order valence-electron chi connectivity index (χ4n) is 3.16. The molecule has 1 heterocycles. The topological polar surface area (TPSA) is 77.9 Å². The Balaban J connectivity index is 1.82. The van der Waals surface area contributed by atoms with Crippen LogP contribution in [0.2, 0.25) is 0 Å². The highest BCUT2D eigenvalue weighted by Crippen LogP contribution is 2.28. The molecule has 2 aromatic rings.